The molecule has 1 unspecified atom stereocenters. The predicted octanol–water partition coefficient (Wildman–Crippen LogP) is 2.24. The lowest BCUT2D eigenvalue weighted by Gasteiger charge is -2.27. The first-order valence-electron chi connectivity index (χ1n) is 5.37. The van der Waals surface area contributed by atoms with Gasteiger partial charge < -0.3 is 10.0 Å². The van der Waals surface area contributed by atoms with Gasteiger partial charge in [0.25, 0.3) is 0 Å². The standard InChI is InChI=1S/C13H16ClNO2/c1-3-13(17)15(10(2)9-16)8-11-6-4-5-7-12(11)14/h3-7,10,16H,1,8-9H2,2H3. The molecule has 0 radical (unpaired) electrons. The lowest BCUT2D eigenvalue weighted by atomic mass is 10.2. The molecule has 0 aromatic heterocycles. The monoisotopic (exact) mass is 253 g/mol. The van der Waals surface area contributed by atoms with Crippen LogP contribution < -0.4 is 0 Å². The summed E-state index contributed by atoms with van der Waals surface area (Å²) in [5.74, 6) is -0.216. The number of nitrogens with zero attached hydrogens (tertiary/aromatic N) is 1. The van der Waals surface area contributed by atoms with Gasteiger partial charge in [0.1, 0.15) is 0 Å². The van der Waals surface area contributed by atoms with E-state index in [2.05, 4.69) is 6.58 Å². The third-order valence-electron chi connectivity index (χ3n) is 2.55. The van der Waals surface area contributed by atoms with E-state index in [1.165, 1.54) is 11.0 Å². The van der Waals surface area contributed by atoms with E-state index in [9.17, 15) is 4.79 Å². The molecule has 1 N–H and O–H groups in total. The molecule has 0 aliphatic rings. The van der Waals surface area contributed by atoms with Crippen LogP contribution in [0.2, 0.25) is 5.02 Å². The maximum atomic E-state index is 11.7. The molecule has 1 rings (SSSR count). The van der Waals surface area contributed by atoms with Crippen molar-refractivity contribution in [2.45, 2.75) is 19.5 Å². The van der Waals surface area contributed by atoms with Crippen molar-refractivity contribution in [2.75, 3.05) is 6.61 Å². The molecule has 1 aromatic rings. The highest BCUT2D eigenvalue weighted by Crippen LogP contribution is 2.18. The van der Waals surface area contributed by atoms with E-state index in [0.717, 1.165) is 5.56 Å². The molecule has 1 aromatic carbocycles. The third kappa shape index (κ3) is 3.58. The first kappa shape index (κ1) is 13.7. The van der Waals surface area contributed by atoms with Gasteiger partial charge in [-0.05, 0) is 24.6 Å². The number of halogens is 1. The molecule has 1 atom stereocenters. The zero-order chi connectivity index (χ0) is 12.8. The van der Waals surface area contributed by atoms with Gasteiger partial charge in [0.05, 0.1) is 12.6 Å². The molecule has 0 bridgehead atoms. The van der Waals surface area contributed by atoms with Crippen LogP contribution in [0.3, 0.4) is 0 Å². The predicted molar refractivity (Wildman–Crippen MR) is 68.7 cm³/mol. The van der Waals surface area contributed by atoms with Gasteiger partial charge in [-0.15, -0.1) is 0 Å². The van der Waals surface area contributed by atoms with Crippen LogP contribution in [0.4, 0.5) is 0 Å². The summed E-state index contributed by atoms with van der Waals surface area (Å²) in [7, 11) is 0. The van der Waals surface area contributed by atoms with Gasteiger partial charge in [0.15, 0.2) is 0 Å². The van der Waals surface area contributed by atoms with E-state index < -0.39 is 0 Å². The van der Waals surface area contributed by atoms with Crippen LogP contribution in [0, 0.1) is 0 Å². The Hall–Kier alpha value is -1.32. The number of amides is 1. The first-order chi connectivity index (χ1) is 8.10. The van der Waals surface area contributed by atoms with Crippen molar-refractivity contribution in [1.82, 2.24) is 4.90 Å². The lowest BCUT2D eigenvalue weighted by molar-refractivity contribution is -0.129. The van der Waals surface area contributed by atoms with Crippen LogP contribution >= 0.6 is 11.6 Å². The molecular formula is C13H16ClNO2. The summed E-state index contributed by atoms with van der Waals surface area (Å²) in [4.78, 5) is 13.2. The largest absolute Gasteiger partial charge is 0.394 e. The number of aliphatic hydroxyl groups excluding tert-OH is 1. The van der Waals surface area contributed by atoms with E-state index in [0.29, 0.717) is 11.6 Å². The van der Waals surface area contributed by atoms with Crippen molar-refractivity contribution < 1.29 is 9.90 Å². The number of hydrogen-bond donors (Lipinski definition) is 1. The molecule has 0 saturated carbocycles. The van der Waals surface area contributed by atoms with Crippen molar-refractivity contribution >= 4 is 17.5 Å². The van der Waals surface area contributed by atoms with Crippen molar-refractivity contribution in [2.24, 2.45) is 0 Å². The number of benzene rings is 1. The highest BCUT2D eigenvalue weighted by molar-refractivity contribution is 6.31. The van der Waals surface area contributed by atoms with Crippen molar-refractivity contribution in [3.63, 3.8) is 0 Å². The minimum Gasteiger partial charge on any atom is -0.394 e. The summed E-state index contributed by atoms with van der Waals surface area (Å²) in [6, 6.07) is 7.06. The summed E-state index contributed by atoms with van der Waals surface area (Å²) in [5, 5.41) is 9.75. The summed E-state index contributed by atoms with van der Waals surface area (Å²) in [5.41, 5.74) is 0.852. The average molecular weight is 254 g/mol. The van der Waals surface area contributed by atoms with Gasteiger partial charge in [-0.25, -0.2) is 0 Å². The zero-order valence-electron chi connectivity index (χ0n) is 9.77. The molecule has 4 heteroatoms. The van der Waals surface area contributed by atoms with Gasteiger partial charge in [-0.2, -0.15) is 0 Å². The second-order valence-corrected chi connectivity index (χ2v) is 4.20. The molecule has 0 aliphatic heterocycles. The molecule has 0 aliphatic carbocycles. The Morgan fingerprint density at radius 2 is 2.24 bits per heavy atom. The Balaban J connectivity index is 2.90. The highest BCUT2D eigenvalue weighted by Gasteiger charge is 2.18. The van der Waals surface area contributed by atoms with Crippen LogP contribution in [-0.2, 0) is 11.3 Å². The smallest absolute Gasteiger partial charge is 0.246 e. The number of hydrogen-bond acceptors (Lipinski definition) is 2. The normalized spacial score (nSPS) is 11.9. The third-order valence-corrected chi connectivity index (χ3v) is 2.92. The molecule has 17 heavy (non-hydrogen) atoms. The van der Waals surface area contributed by atoms with Gasteiger partial charge in [-0.1, -0.05) is 36.4 Å². The average Bonchev–Trinajstić information content (AvgIpc) is 2.36. The Morgan fingerprint density at radius 1 is 1.59 bits per heavy atom. The zero-order valence-corrected chi connectivity index (χ0v) is 10.5. The molecule has 0 fully saturated rings. The van der Waals surface area contributed by atoms with Crippen LogP contribution in [0.1, 0.15) is 12.5 Å². The highest BCUT2D eigenvalue weighted by atomic mass is 35.5. The topological polar surface area (TPSA) is 40.5 Å². The quantitative estimate of drug-likeness (QED) is 0.818. The summed E-state index contributed by atoms with van der Waals surface area (Å²) in [6.07, 6.45) is 1.24. The summed E-state index contributed by atoms with van der Waals surface area (Å²) >= 11 is 6.04. The van der Waals surface area contributed by atoms with E-state index in [1.54, 1.807) is 13.0 Å². The van der Waals surface area contributed by atoms with Gasteiger partial charge >= 0.3 is 0 Å². The van der Waals surface area contributed by atoms with E-state index in [4.69, 9.17) is 16.7 Å². The van der Waals surface area contributed by atoms with E-state index in [1.807, 2.05) is 18.2 Å². The number of aliphatic hydroxyl groups is 1. The van der Waals surface area contributed by atoms with E-state index in [-0.39, 0.29) is 18.6 Å². The summed E-state index contributed by atoms with van der Waals surface area (Å²) in [6.45, 7) is 5.51. The SMILES string of the molecule is C=CC(=O)N(Cc1ccccc1Cl)C(C)CO. The van der Waals surface area contributed by atoms with Crippen molar-refractivity contribution in [3.05, 3.63) is 47.5 Å². The Labute approximate surface area is 106 Å². The minimum atomic E-state index is -0.267. The molecule has 0 spiro atoms. The molecule has 92 valence electrons. The maximum absolute atomic E-state index is 11.7. The van der Waals surface area contributed by atoms with Crippen molar-refractivity contribution in [1.29, 1.82) is 0 Å². The fraction of sp³-hybridized carbons (Fsp3) is 0.308. The first-order valence-corrected chi connectivity index (χ1v) is 5.75. The Bertz CT molecular complexity index is 406. The van der Waals surface area contributed by atoms with E-state index >= 15 is 0 Å². The van der Waals surface area contributed by atoms with Gasteiger partial charge in [0, 0.05) is 11.6 Å². The fourth-order valence-electron chi connectivity index (χ4n) is 1.48. The second-order valence-electron chi connectivity index (χ2n) is 3.79. The molecule has 3 nitrogen and oxygen atoms in total. The van der Waals surface area contributed by atoms with Crippen molar-refractivity contribution in [3.8, 4) is 0 Å². The molecular weight excluding hydrogens is 238 g/mol. The Kier molecular flexibility index (Phi) is 5.19. The number of carbonyl (C=O) groups excluding carboxylic acids is 1. The van der Waals surface area contributed by atoms with Crippen LogP contribution in [0.15, 0.2) is 36.9 Å². The minimum absolute atomic E-state index is 0.0932. The number of rotatable bonds is 5. The molecule has 1 amide bonds. The fourth-order valence-corrected chi connectivity index (χ4v) is 1.67. The van der Waals surface area contributed by atoms with Gasteiger partial charge in [-0.3, -0.25) is 4.79 Å². The van der Waals surface area contributed by atoms with Gasteiger partial charge in [0.2, 0.25) is 5.91 Å². The summed E-state index contributed by atoms with van der Waals surface area (Å²) < 4.78 is 0. The lowest BCUT2D eigenvalue weighted by Crippen LogP contribution is -2.39. The Morgan fingerprint density at radius 3 is 2.76 bits per heavy atom. The van der Waals surface area contributed by atoms with Crippen LogP contribution in [0.25, 0.3) is 0 Å². The molecule has 0 heterocycles. The molecule has 0 saturated heterocycles. The second kappa shape index (κ2) is 6.42. The maximum Gasteiger partial charge on any atom is 0.246 e. The number of carbonyl (C=O) groups is 1. The van der Waals surface area contributed by atoms with Crippen LogP contribution in [0.5, 0.6) is 0 Å². The van der Waals surface area contributed by atoms with Crippen LogP contribution in [-0.4, -0.2) is 28.6 Å².